The summed E-state index contributed by atoms with van der Waals surface area (Å²) >= 11 is 0. The number of hydrogen-bond donors (Lipinski definition) is 2. The molecule has 0 aromatic carbocycles. The topological polar surface area (TPSA) is 92.3 Å². The van der Waals surface area contributed by atoms with E-state index in [4.69, 9.17) is 0 Å². The molecule has 1 heterocycles. The fourth-order valence-electron chi connectivity index (χ4n) is 2.53. The highest BCUT2D eigenvalue weighted by Gasteiger charge is 2.49. The van der Waals surface area contributed by atoms with Crippen molar-refractivity contribution in [2.75, 3.05) is 11.5 Å². The van der Waals surface area contributed by atoms with Crippen molar-refractivity contribution >= 4 is 21.7 Å². The van der Waals surface area contributed by atoms with Gasteiger partial charge >= 0.3 is 0 Å². The van der Waals surface area contributed by atoms with E-state index in [1.54, 1.807) is 0 Å². The SMILES string of the molecule is O=C(NC1CC1)C1CC1C(=O)NC1CCS(=O)(=O)C1. The molecule has 106 valence electrons. The molecule has 2 saturated carbocycles. The lowest BCUT2D eigenvalue weighted by Gasteiger charge is -2.10. The minimum absolute atomic E-state index is 0.0262. The van der Waals surface area contributed by atoms with Crippen LogP contribution in [0.15, 0.2) is 0 Å². The zero-order chi connectivity index (χ0) is 13.6. The summed E-state index contributed by atoms with van der Waals surface area (Å²) in [7, 11) is -2.98. The van der Waals surface area contributed by atoms with Gasteiger partial charge in [0.2, 0.25) is 11.8 Å². The molecule has 3 aliphatic rings. The van der Waals surface area contributed by atoms with Crippen LogP contribution in [0.1, 0.15) is 25.7 Å². The third kappa shape index (κ3) is 3.08. The Morgan fingerprint density at radius 3 is 1.95 bits per heavy atom. The van der Waals surface area contributed by atoms with E-state index in [1.165, 1.54) is 0 Å². The number of nitrogens with one attached hydrogen (secondary N) is 2. The Hall–Kier alpha value is -1.11. The van der Waals surface area contributed by atoms with Crippen molar-refractivity contribution in [2.45, 2.75) is 37.8 Å². The molecule has 2 aliphatic carbocycles. The number of rotatable bonds is 4. The molecule has 3 rings (SSSR count). The average Bonchev–Trinajstić information content (AvgIpc) is 3.19. The Bertz CT molecular complexity index is 512. The maximum Gasteiger partial charge on any atom is 0.224 e. The van der Waals surface area contributed by atoms with Crippen molar-refractivity contribution < 1.29 is 18.0 Å². The first kappa shape index (κ1) is 12.9. The lowest BCUT2D eigenvalue weighted by Crippen LogP contribution is -2.38. The highest BCUT2D eigenvalue weighted by molar-refractivity contribution is 7.91. The molecule has 2 amide bonds. The van der Waals surface area contributed by atoms with E-state index in [2.05, 4.69) is 10.6 Å². The van der Waals surface area contributed by atoms with Gasteiger partial charge in [-0.25, -0.2) is 8.42 Å². The van der Waals surface area contributed by atoms with Crippen LogP contribution in [0.5, 0.6) is 0 Å². The van der Waals surface area contributed by atoms with Crippen LogP contribution in [0.2, 0.25) is 0 Å². The average molecular weight is 286 g/mol. The van der Waals surface area contributed by atoms with Gasteiger partial charge in [-0.2, -0.15) is 0 Å². The summed E-state index contributed by atoms with van der Waals surface area (Å²) in [6, 6.07) is 0.0435. The van der Waals surface area contributed by atoms with Crippen molar-refractivity contribution in [3.8, 4) is 0 Å². The fraction of sp³-hybridized carbons (Fsp3) is 0.833. The summed E-state index contributed by atoms with van der Waals surface area (Å²) in [5.41, 5.74) is 0. The van der Waals surface area contributed by atoms with E-state index < -0.39 is 9.84 Å². The number of sulfone groups is 1. The molecule has 0 aromatic heterocycles. The Labute approximate surface area is 112 Å². The zero-order valence-corrected chi connectivity index (χ0v) is 11.4. The Morgan fingerprint density at radius 2 is 1.47 bits per heavy atom. The van der Waals surface area contributed by atoms with Crippen molar-refractivity contribution in [1.82, 2.24) is 10.6 Å². The standard InChI is InChI=1S/C12H18N2O4S/c15-11(13-7-1-2-7)9-5-10(9)12(16)14-8-3-4-19(17,18)6-8/h7-10H,1-6H2,(H,13,15)(H,14,16). The highest BCUT2D eigenvalue weighted by atomic mass is 32.2. The van der Waals surface area contributed by atoms with Gasteiger partial charge in [0.15, 0.2) is 9.84 Å². The summed E-state index contributed by atoms with van der Waals surface area (Å²) in [6.07, 6.45) is 3.15. The second kappa shape index (κ2) is 4.47. The van der Waals surface area contributed by atoms with Gasteiger partial charge in [0, 0.05) is 12.1 Å². The molecule has 0 spiro atoms. The fourth-order valence-corrected chi connectivity index (χ4v) is 4.20. The van der Waals surface area contributed by atoms with Gasteiger partial charge in [-0.1, -0.05) is 0 Å². The van der Waals surface area contributed by atoms with Crippen LogP contribution in [-0.4, -0.2) is 43.8 Å². The summed E-state index contributed by atoms with van der Waals surface area (Å²) in [5.74, 6) is -0.487. The van der Waals surface area contributed by atoms with Crippen LogP contribution >= 0.6 is 0 Å². The van der Waals surface area contributed by atoms with Gasteiger partial charge in [0.05, 0.1) is 23.3 Å². The highest BCUT2D eigenvalue weighted by Crippen LogP contribution is 2.39. The second-order valence-electron chi connectivity index (χ2n) is 5.84. The summed E-state index contributed by atoms with van der Waals surface area (Å²) in [6.45, 7) is 0. The van der Waals surface area contributed by atoms with Crippen molar-refractivity contribution in [3.05, 3.63) is 0 Å². The van der Waals surface area contributed by atoms with Crippen molar-refractivity contribution in [2.24, 2.45) is 11.8 Å². The molecule has 0 radical (unpaired) electrons. The van der Waals surface area contributed by atoms with Gasteiger partial charge in [-0.3, -0.25) is 9.59 Å². The van der Waals surface area contributed by atoms with E-state index >= 15 is 0 Å². The predicted octanol–water partition coefficient (Wildman–Crippen LogP) is -0.796. The van der Waals surface area contributed by atoms with E-state index in [0.29, 0.717) is 18.9 Å². The number of carbonyl (C=O) groups excluding carboxylic acids is 2. The molecule has 1 saturated heterocycles. The van der Waals surface area contributed by atoms with E-state index in [1.807, 2.05) is 0 Å². The molecule has 0 bridgehead atoms. The van der Waals surface area contributed by atoms with Crippen LogP contribution in [0.3, 0.4) is 0 Å². The molecule has 1 aliphatic heterocycles. The molecule has 6 nitrogen and oxygen atoms in total. The number of hydrogen-bond acceptors (Lipinski definition) is 4. The number of amides is 2. The molecule has 2 N–H and O–H groups in total. The lowest BCUT2D eigenvalue weighted by atomic mass is 10.2. The zero-order valence-electron chi connectivity index (χ0n) is 10.6. The van der Waals surface area contributed by atoms with Crippen LogP contribution < -0.4 is 10.6 Å². The second-order valence-corrected chi connectivity index (χ2v) is 8.07. The maximum absolute atomic E-state index is 11.9. The van der Waals surface area contributed by atoms with Gasteiger partial charge in [-0.05, 0) is 25.7 Å². The monoisotopic (exact) mass is 286 g/mol. The smallest absolute Gasteiger partial charge is 0.224 e. The van der Waals surface area contributed by atoms with E-state index in [-0.39, 0.29) is 41.2 Å². The van der Waals surface area contributed by atoms with Crippen LogP contribution in [0.25, 0.3) is 0 Å². The van der Waals surface area contributed by atoms with Crippen LogP contribution in [0, 0.1) is 11.8 Å². The minimum Gasteiger partial charge on any atom is -0.353 e. The molecule has 3 fully saturated rings. The van der Waals surface area contributed by atoms with E-state index in [9.17, 15) is 18.0 Å². The maximum atomic E-state index is 11.9. The predicted molar refractivity (Wildman–Crippen MR) is 68.0 cm³/mol. The molecule has 19 heavy (non-hydrogen) atoms. The van der Waals surface area contributed by atoms with Crippen molar-refractivity contribution in [3.63, 3.8) is 0 Å². The van der Waals surface area contributed by atoms with Crippen LogP contribution in [0.4, 0.5) is 0 Å². The molecule has 3 unspecified atom stereocenters. The quantitative estimate of drug-likeness (QED) is 0.708. The van der Waals surface area contributed by atoms with Crippen molar-refractivity contribution in [1.29, 1.82) is 0 Å². The van der Waals surface area contributed by atoms with Gasteiger partial charge < -0.3 is 10.6 Å². The number of carbonyl (C=O) groups is 2. The Balaban J connectivity index is 1.46. The molecular formula is C12H18N2O4S. The first-order chi connectivity index (χ1) is 8.94. The van der Waals surface area contributed by atoms with Gasteiger partial charge in [-0.15, -0.1) is 0 Å². The molecule has 7 heteroatoms. The minimum atomic E-state index is -2.98. The molecule has 3 atom stereocenters. The Morgan fingerprint density at radius 1 is 0.895 bits per heavy atom. The normalized spacial score (nSPS) is 35.7. The third-order valence-electron chi connectivity index (χ3n) is 3.97. The lowest BCUT2D eigenvalue weighted by molar-refractivity contribution is -0.127. The third-order valence-corrected chi connectivity index (χ3v) is 5.73. The summed E-state index contributed by atoms with van der Waals surface area (Å²) in [5, 5.41) is 5.64. The first-order valence-corrected chi connectivity index (χ1v) is 8.58. The molecule has 0 aromatic rings. The van der Waals surface area contributed by atoms with E-state index in [0.717, 1.165) is 12.8 Å². The summed E-state index contributed by atoms with van der Waals surface area (Å²) in [4.78, 5) is 23.6. The summed E-state index contributed by atoms with van der Waals surface area (Å²) < 4.78 is 22.6. The Kier molecular flexibility index (Phi) is 3.03. The largest absolute Gasteiger partial charge is 0.353 e. The van der Waals surface area contributed by atoms with Gasteiger partial charge in [0.1, 0.15) is 0 Å². The van der Waals surface area contributed by atoms with Gasteiger partial charge in [0.25, 0.3) is 0 Å². The first-order valence-electron chi connectivity index (χ1n) is 6.76. The van der Waals surface area contributed by atoms with Crippen LogP contribution in [-0.2, 0) is 19.4 Å². The molecular weight excluding hydrogens is 268 g/mol.